The molecule has 40 heavy (non-hydrogen) atoms. The van der Waals surface area contributed by atoms with E-state index in [1.54, 1.807) is 4.57 Å². The normalized spacial score (nSPS) is 10.6. The van der Waals surface area contributed by atoms with Gasteiger partial charge in [-0.25, -0.2) is 0 Å². The van der Waals surface area contributed by atoms with Crippen LogP contribution in [0.2, 0.25) is 0 Å². The summed E-state index contributed by atoms with van der Waals surface area (Å²) in [5.41, 5.74) is 4.34. The average Bonchev–Trinajstić information content (AvgIpc) is 3.29. The molecule has 5 N–H and O–H groups in total. The second-order valence-corrected chi connectivity index (χ2v) is 9.89. The number of aromatic amines is 2. The van der Waals surface area contributed by atoms with Gasteiger partial charge in [-0.1, -0.05) is 43.3 Å². The maximum absolute atomic E-state index is 12.7. The van der Waals surface area contributed by atoms with Crippen LogP contribution < -0.4 is 20.7 Å². The molecule has 0 unspecified atom stereocenters. The minimum Gasteiger partial charge on any atom is -0.473 e. The molecule has 0 aliphatic carbocycles. The summed E-state index contributed by atoms with van der Waals surface area (Å²) >= 11 is 10.6. The zero-order valence-electron chi connectivity index (χ0n) is 22.2. The van der Waals surface area contributed by atoms with Crippen LogP contribution in [0.5, 0.6) is 5.75 Å². The lowest BCUT2D eigenvalue weighted by molar-refractivity contribution is -0.127. The van der Waals surface area contributed by atoms with Crippen molar-refractivity contribution in [3.8, 4) is 11.4 Å². The summed E-state index contributed by atoms with van der Waals surface area (Å²) in [6.07, 6.45) is 0.774. The van der Waals surface area contributed by atoms with Gasteiger partial charge in [-0.3, -0.25) is 24.4 Å². The third kappa shape index (κ3) is 8.14. The summed E-state index contributed by atoms with van der Waals surface area (Å²) in [6, 6.07) is 23.2. The molecular weight excluding hydrogens is 544 g/mol. The average molecular weight is 577 g/mol. The van der Waals surface area contributed by atoms with Crippen LogP contribution in [0.15, 0.2) is 72.8 Å². The Labute approximate surface area is 243 Å². The minimum atomic E-state index is -0.258. The van der Waals surface area contributed by atoms with Crippen molar-refractivity contribution in [1.29, 1.82) is 0 Å². The van der Waals surface area contributed by atoms with Crippen molar-refractivity contribution in [2.75, 3.05) is 23.9 Å². The first-order chi connectivity index (χ1) is 19.4. The SMILES string of the molecule is CCCNC(=O)CC(=O)Cc1cc(OCNc2cccc(-n3c(=S)[nH][nH]c3=S)c2)ccc1NCc1ccccc1. The molecule has 4 rings (SSSR count). The number of nitrogens with one attached hydrogen (secondary N) is 5. The molecule has 0 fully saturated rings. The number of amides is 1. The Morgan fingerprint density at radius 1 is 0.925 bits per heavy atom. The van der Waals surface area contributed by atoms with Crippen LogP contribution in [0.25, 0.3) is 5.69 Å². The molecule has 9 nitrogen and oxygen atoms in total. The number of carbonyl (C=O) groups excluding carboxylic acids is 2. The number of rotatable bonds is 14. The van der Waals surface area contributed by atoms with E-state index in [9.17, 15) is 9.59 Å². The van der Waals surface area contributed by atoms with Crippen molar-refractivity contribution in [3.63, 3.8) is 0 Å². The number of nitrogens with zero attached hydrogens (tertiary/aromatic N) is 1. The molecule has 11 heteroatoms. The van der Waals surface area contributed by atoms with Gasteiger partial charge in [0.2, 0.25) is 5.91 Å². The minimum absolute atomic E-state index is 0.112. The second-order valence-electron chi connectivity index (χ2n) is 9.11. The number of carbonyl (C=O) groups is 2. The fourth-order valence-corrected chi connectivity index (χ4v) is 4.61. The van der Waals surface area contributed by atoms with E-state index >= 15 is 0 Å². The van der Waals surface area contributed by atoms with Gasteiger partial charge in [-0.2, -0.15) is 0 Å². The molecule has 0 atom stereocenters. The fraction of sp³-hybridized carbons (Fsp3) is 0.241. The first-order valence-corrected chi connectivity index (χ1v) is 13.8. The smallest absolute Gasteiger partial charge is 0.227 e. The maximum Gasteiger partial charge on any atom is 0.227 e. The van der Waals surface area contributed by atoms with Crippen molar-refractivity contribution in [2.24, 2.45) is 0 Å². The lowest BCUT2D eigenvalue weighted by Gasteiger charge is -2.15. The van der Waals surface area contributed by atoms with E-state index in [1.807, 2.05) is 79.7 Å². The largest absolute Gasteiger partial charge is 0.473 e. The molecule has 1 amide bonds. The predicted octanol–water partition coefficient (Wildman–Crippen LogP) is 5.68. The summed E-state index contributed by atoms with van der Waals surface area (Å²) in [5.74, 6) is 0.180. The molecule has 208 valence electrons. The molecular formula is C29H32N6O3S2. The van der Waals surface area contributed by atoms with E-state index in [2.05, 4.69) is 26.1 Å². The Morgan fingerprint density at radius 2 is 1.70 bits per heavy atom. The summed E-state index contributed by atoms with van der Waals surface area (Å²) in [4.78, 5) is 24.8. The molecule has 0 spiro atoms. The molecule has 3 aromatic carbocycles. The van der Waals surface area contributed by atoms with Gasteiger partial charge in [0.25, 0.3) is 0 Å². The topological polar surface area (TPSA) is 116 Å². The highest BCUT2D eigenvalue weighted by atomic mass is 32.1. The number of hydrogen-bond acceptors (Lipinski definition) is 7. The lowest BCUT2D eigenvalue weighted by atomic mass is 10.0. The lowest BCUT2D eigenvalue weighted by Crippen LogP contribution is -2.26. The van der Waals surface area contributed by atoms with E-state index in [1.165, 1.54) is 0 Å². The van der Waals surface area contributed by atoms with Gasteiger partial charge in [-0.05, 0) is 78.4 Å². The highest BCUT2D eigenvalue weighted by Gasteiger charge is 2.14. The van der Waals surface area contributed by atoms with E-state index in [-0.39, 0.29) is 31.3 Å². The van der Waals surface area contributed by atoms with E-state index in [0.29, 0.717) is 28.4 Å². The van der Waals surface area contributed by atoms with E-state index in [4.69, 9.17) is 29.2 Å². The first-order valence-electron chi connectivity index (χ1n) is 13.0. The van der Waals surface area contributed by atoms with Gasteiger partial charge in [0.15, 0.2) is 16.3 Å². The Balaban J connectivity index is 1.43. The number of anilines is 2. The van der Waals surface area contributed by atoms with Gasteiger partial charge in [-0.15, -0.1) is 0 Å². The van der Waals surface area contributed by atoms with Crippen molar-refractivity contribution in [1.82, 2.24) is 20.1 Å². The molecule has 1 aromatic heterocycles. The molecule has 1 heterocycles. The van der Waals surface area contributed by atoms with Gasteiger partial charge in [0, 0.05) is 30.9 Å². The number of Topliss-reactive ketones (excluding diaryl/α,β-unsaturated/α-hetero) is 1. The molecule has 0 saturated heterocycles. The molecule has 4 aromatic rings. The third-order valence-electron chi connectivity index (χ3n) is 6.02. The maximum atomic E-state index is 12.7. The number of benzene rings is 3. The molecule has 0 aliphatic rings. The molecule has 0 radical (unpaired) electrons. The fourth-order valence-electron chi connectivity index (χ4n) is 4.06. The Kier molecular flexibility index (Phi) is 10.3. The third-order valence-corrected chi connectivity index (χ3v) is 6.59. The number of hydrogen-bond donors (Lipinski definition) is 5. The van der Waals surface area contributed by atoms with Gasteiger partial charge < -0.3 is 20.7 Å². The summed E-state index contributed by atoms with van der Waals surface area (Å²) < 4.78 is 8.65. The second kappa shape index (κ2) is 14.2. The van der Waals surface area contributed by atoms with E-state index in [0.717, 1.165) is 34.6 Å². The van der Waals surface area contributed by atoms with E-state index < -0.39 is 0 Å². The van der Waals surface area contributed by atoms with Crippen LogP contribution in [-0.4, -0.2) is 39.7 Å². The zero-order chi connectivity index (χ0) is 28.3. The zero-order valence-corrected chi connectivity index (χ0v) is 23.8. The molecule has 0 saturated carbocycles. The number of aromatic nitrogens is 3. The standard InChI is InChI=1S/C29H32N6O3S2/c1-2-13-30-27(37)17-24(36)14-21-15-25(11-12-26(21)31-18-20-7-4-3-5-8-20)38-19-32-22-9-6-10-23(16-22)35-28(39)33-34-29(35)40/h3-12,15-16,31-32H,2,13-14,17-19H2,1H3,(H,30,37)(H,33,39)(H,34,40). The Morgan fingerprint density at radius 3 is 2.45 bits per heavy atom. The van der Waals surface area contributed by atoms with Crippen LogP contribution >= 0.6 is 24.4 Å². The van der Waals surface area contributed by atoms with Crippen LogP contribution in [0.4, 0.5) is 11.4 Å². The van der Waals surface area contributed by atoms with Crippen molar-refractivity contribution in [3.05, 3.63) is 93.5 Å². The van der Waals surface area contributed by atoms with Crippen molar-refractivity contribution < 1.29 is 14.3 Å². The van der Waals surface area contributed by atoms with Crippen LogP contribution in [0.1, 0.15) is 30.9 Å². The summed E-state index contributed by atoms with van der Waals surface area (Å²) in [5, 5.41) is 15.1. The van der Waals surface area contributed by atoms with Crippen LogP contribution in [0.3, 0.4) is 0 Å². The Hall–Kier alpha value is -4.22. The van der Waals surface area contributed by atoms with Crippen LogP contribution in [0, 0.1) is 9.54 Å². The van der Waals surface area contributed by atoms with Crippen molar-refractivity contribution in [2.45, 2.75) is 32.7 Å². The predicted molar refractivity (Wildman–Crippen MR) is 162 cm³/mol. The summed E-state index contributed by atoms with van der Waals surface area (Å²) in [6.45, 7) is 3.32. The quantitative estimate of drug-likeness (QED) is 0.0745. The number of ketones is 1. The number of H-pyrrole nitrogens is 2. The molecule has 0 aliphatic heterocycles. The van der Waals surface area contributed by atoms with Gasteiger partial charge in [0.1, 0.15) is 11.5 Å². The molecule has 0 bridgehead atoms. The van der Waals surface area contributed by atoms with Gasteiger partial charge in [0.05, 0.1) is 12.1 Å². The summed E-state index contributed by atoms with van der Waals surface area (Å²) in [7, 11) is 0. The van der Waals surface area contributed by atoms with Crippen LogP contribution in [-0.2, 0) is 22.6 Å². The van der Waals surface area contributed by atoms with Gasteiger partial charge >= 0.3 is 0 Å². The number of ether oxygens (including phenoxy) is 1. The Bertz CT molecular complexity index is 1530. The monoisotopic (exact) mass is 576 g/mol. The van der Waals surface area contributed by atoms with Crippen molar-refractivity contribution >= 4 is 47.5 Å². The first kappa shape index (κ1) is 28.8. The highest BCUT2D eigenvalue weighted by molar-refractivity contribution is 7.72. The highest BCUT2D eigenvalue weighted by Crippen LogP contribution is 2.25.